The molecule has 5 heteroatoms. The highest BCUT2D eigenvalue weighted by Crippen LogP contribution is 2.39. The van der Waals surface area contributed by atoms with Crippen LogP contribution in [0.15, 0.2) is 36.4 Å². The molecule has 0 radical (unpaired) electrons. The van der Waals surface area contributed by atoms with Gasteiger partial charge in [0, 0.05) is 17.3 Å². The van der Waals surface area contributed by atoms with E-state index in [2.05, 4.69) is 24.0 Å². The quantitative estimate of drug-likeness (QED) is 0.641. The second-order valence-corrected chi connectivity index (χ2v) is 6.06. The molecule has 2 nitrogen and oxygen atoms in total. The molecule has 2 rings (SSSR count). The molecule has 0 atom stereocenters. The molecule has 0 aliphatic rings. The van der Waals surface area contributed by atoms with Gasteiger partial charge >= 0.3 is 0 Å². The summed E-state index contributed by atoms with van der Waals surface area (Å²) in [5.74, 6) is 0.495. The topological polar surface area (TPSA) is 12.5 Å². The average molecular weight is 359 g/mol. The van der Waals surface area contributed by atoms with Gasteiger partial charge in [-0.15, -0.1) is 0 Å². The van der Waals surface area contributed by atoms with Crippen molar-refractivity contribution in [1.82, 2.24) is 0 Å². The normalized spacial score (nSPS) is 10.6. The highest BCUT2D eigenvalue weighted by atomic mass is 35.5. The molecule has 22 heavy (non-hydrogen) atoms. The molecular formula is C17H18Cl3NO. The fraction of sp³-hybridized carbons (Fsp3) is 0.294. The van der Waals surface area contributed by atoms with Gasteiger partial charge in [0.25, 0.3) is 0 Å². The molecule has 0 heterocycles. The molecule has 0 spiro atoms. The molecule has 2 aromatic rings. The Morgan fingerprint density at radius 2 is 1.73 bits per heavy atom. The molecule has 0 aromatic heterocycles. The molecule has 0 saturated carbocycles. The first kappa shape index (κ1) is 17.3. The van der Waals surface area contributed by atoms with Crippen molar-refractivity contribution in [2.75, 3.05) is 24.6 Å². The average Bonchev–Trinajstić information content (AvgIpc) is 2.53. The van der Waals surface area contributed by atoms with Gasteiger partial charge in [0.15, 0.2) is 5.75 Å². The number of ether oxygens (including phenoxy) is 1. The Balaban J connectivity index is 2.03. The maximum Gasteiger partial charge on any atom is 0.156 e. The van der Waals surface area contributed by atoms with Crippen LogP contribution >= 0.6 is 34.8 Å². The van der Waals surface area contributed by atoms with E-state index in [4.69, 9.17) is 39.5 Å². The van der Waals surface area contributed by atoms with Gasteiger partial charge in [-0.05, 0) is 37.6 Å². The van der Waals surface area contributed by atoms with E-state index in [0.717, 1.165) is 24.3 Å². The predicted molar refractivity (Wildman–Crippen MR) is 96.0 cm³/mol. The maximum atomic E-state index is 6.26. The number of anilines is 1. The van der Waals surface area contributed by atoms with Crippen molar-refractivity contribution in [3.05, 3.63) is 57.0 Å². The highest BCUT2D eigenvalue weighted by molar-refractivity contribution is 6.41. The minimum atomic E-state index is 0.434. The van der Waals surface area contributed by atoms with E-state index >= 15 is 0 Å². The fourth-order valence-corrected chi connectivity index (χ4v) is 3.04. The summed E-state index contributed by atoms with van der Waals surface area (Å²) in [4.78, 5) is 2.23. The smallest absolute Gasteiger partial charge is 0.156 e. The van der Waals surface area contributed by atoms with E-state index in [0.29, 0.717) is 27.4 Å². The summed E-state index contributed by atoms with van der Waals surface area (Å²) >= 11 is 18.5. The fourth-order valence-electron chi connectivity index (χ4n) is 2.16. The summed E-state index contributed by atoms with van der Waals surface area (Å²) in [6.07, 6.45) is 0. The van der Waals surface area contributed by atoms with Gasteiger partial charge in [-0.25, -0.2) is 0 Å². The zero-order chi connectivity index (χ0) is 16.1. The predicted octanol–water partition coefficient (Wildman–Crippen LogP) is 5.86. The van der Waals surface area contributed by atoms with Crippen molar-refractivity contribution in [3.8, 4) is 5.75 Å². The maximum absolute atomic E-state index is 6.26. The first-order valence-corrected chi connectivity index (χ1v) is 8.24. The SMILES string of the molecule is CCN(CCOc1c(Cl)cc(Cl)c(C)c1Cl)c1ccccc1. The van der Waals surface area contributed by atoms with Crippen LogP contribution in [0.3, 0.4) is 0 Å². The molecule has 0 fully saturated rings. The number of hydrogen-bond acceptors (Lipinski definition) is 2. The van der Waals surface area contributed by atoms with E-state index in [1.807, 2.05) is 25.1 Å². The third kappa shape index (κ3) is 4.01. The molecule has 0 bridgehead atoms. The Labute approximate surface area is 146 Å². The largest absolute Gasteiger partial charge is 0.489 e. The van der Waals surface area contributed by atoms with Gasteiger partial charge in [0.2, 0.25) is 0 Å². The van der Waals surface area contributed by atoms with E-state index in [9.17, 15) is 0 Å². The number of para-hydroxylation sites is 1. The lowest BCUT2D eigenvalue weighted by Crippen LogP contribution is -2.28. The van der Waals surface area contributed by atoms with Crippen molar-refractivity contribution in [3.63, 3.8) is 0 Å². The first-order valence-electron chi connectivity index (χ1n) is 7.11. The summed E-state index contributed by atoms with van der Waals surface area (Å²) in [7, 11) is 0. The summed E-state index contributed by atoms with van der Waals surface area (Å²) in [6.45, 7) is 6.09. The number of benzene rings is 2. The van der Waals surface area contributed by atoms with Crippen LogP contribution in [0.5, 0.6) is 5.75 Å². The van der Waals surface area contributed by atoms with Crippen molar-refractivity contribution < 1.29 is 4.74 Å². The Kier molecular flexibility index (Phi) is 6.25. The van der Waals surface area contributed by atoms with Crippen LogP contribution in [0.2, 0.25) is 15.1 Å². The third-order valence-electron chi connectivity index (χ3n) is 3.47. The lowest BCUT2D eigenvalue weighted by Gasteiger charge is -2.23. The molecule has 0 N–H and O–H groups in total. The van der Waals surface area contributed by atoms with E-state index in [1.165, 1.54) is 0 Å². The molecular weight excluding hydrogens is 341 g/mol. The molecule has 0 amide bonds. The van der Waals surface area contributed by atoms with Crippen molar-refractivity contribution >= 4 is 40.5 Å². The number of hydrogen-bond donors (Lipinski definition) is 0. The highest BCUT2D eigenvalue weighted by Gasteiger charge is 2.14. The van der Waals surface area contributed by atoms with Crippen LogP contribution < -0.4 is 9.64 Å². The Bertz CT molecular complexity index is 632. The number of nitrogens with zero attached hydrogens (tertiary/aromatic N) is 1. The summed E-state index contributed by atoms with van der Waals surface area (Å²) in [5.41, 5.74) is 1.94. The van der Waals surface area contributed by atoms with Gasteiger partial charge in [0.1, 0.15) is 6.61 Å². The van der Waals surface area contributed by atoms with Crippen LogP contribution in [0.1, 0.15) is 12.5 Å². The molecule has 0 aliphatic carbocycles. The Morgan fingerprint density at radius 3 is 2.36 bits per heavy atom. The number of rotatable bonds is 6. The van der Waals surface area contributed by atoms with E-state index in [1.54, 1.807) is 6.07 Å². The van der Waals surface area contributed by atoms with Crippen LogP contribution in [-0.4, -0.2) is 19.7 Å². The Morgan fingerprint density at radius 1 is 1.05 bits per heavy atom. The van der Waals surface area contributed by atoms with Crippen LogP contribution in [0.25, 0.3) is 0 Å². The van der Waals surface area contributed by atoms with E-state index in [-0.39, 0.29) is 0 Å². The van der Waals surface area contributed by atoms with Gasteiger partial charge in [-0.3, -0.25) is 0 Å². The summed E-state index contributed by atoms with van der Waals surface area (Å²) in [5, 5.41) is 1.45. The second kappa shape index (κ2) is 7.96. The van der Waals surface area contributed by atoms with Crippen molar-refractivity contribution in [2.24, 2.45) is 0 Å². The second-order valence-electron chi connectivity index (χ2n) is 4.87. The zero-order valence-corrected chi connectivity index (χ0v) is 14.8. The van der Waals surface area contributed by atoms with Crippen LogP contribution in [0.4, 0.5) is 5.69 Å². The number of likely N-dealkylation sites (N-methyl/N-ethyl adjacent to an activating group) is 1. The first-order chi connectivity index (χ1) is 10.5. The third-order valence-corrected chi connectivity index (χ3v) is 4.60. The zero-order valence-electron chi connectivity index (χ0n) is 12.6. The van der Waals surface area contributed by atoms with Crippen molar-refractivity contribution in [2.45, 2.75) is 13.8 Å². The number of halogens is 3. The standard InChI is InChI=1S/C17H18Cl3NO/c1-3-21(13-7-5-4-6-8-13)9-10-22-17-15(19)11-14(18)12(2)16(17)20/h4-8,11H,3,9-10H2,1-2H3. The van der Waals surface area contributed by atoms with Gasteiger partial charge in [-0.1, -0.05) is 53.0 Å². The van der Waals surface area contributed by atoms with Gasteiger partial charge < -0.3 is 9.64 Å². The van der Waals surface area contributed by atoms with Crippen LogP contribution in [-0.2, 0) is 0 Å². The lowest BCUT2D eigenvalue weighted by molar-refractivity contribution is 0.324. The van der Waals surface area contributed by atoms with Crippen molar-refractivity contribution in [1.29, 1.82) is 0 Å². The molecule has 118 valence electrons. The molecule has 0 saturated heterocycles. The van der Waals surface area contributed by atoms with E-state index < -0.39 is 0 Å². The monoisotopic (exact) mass is 357 g/mol. The van der Waals surface area contributed by atoms with Gasteiger partial charge in [0.05, 0.1) is 16.6 Å². The lowest BCUT2D eigenvalue weighted by atomic mass is 10.2. The molecule has 0 unspecified atom stereocenters. The minimum Gasteiger partial charge on any atom is -0.489 e. The van der Waals surface area contributed by atoms with Gasteiger partial charge in [-0.2, -0.15) is 0 Å². The summed E-state index contributed by atoms with van der Waals surface area (Å²) < 4.78 is 5.79. The molecule has 0 aliphatic heterocycles. The summed E-state index contributed by atoms with van der Waals surface area (Å²) in [6, 6.07) is 11.9. The van der Waals surface area contributed by atoms with Crippen LogP contribution in [0, 0.1) is 6.92 Å². The minimum absolute atomic E-state index is 0.434. The Hall–Kier alpha value is -1.09. The molecule has 2 aromatic carbocycles.